The van der Waals surface area contributed by atoms with Crippen LogP contribution in [0.25, 0.3) is 0 Å². The van der Waals surface area contributed by atoms with E-state index in [0.717, 1.165) is 12.1 Å². The average molecular weight is 227 g/mol. The second-order valence-electron chi connectivity index (χ2n) is 2.28. The molecular formula is C8H10Cl3N. The zero-order valence-electron chi connectivity index (χ0n) is 7.57. The van der Waals surface area contributed by atoms with Crippen molar-refractivity contribution in [2.45, 2.75) is 6.54 Å². The molecule has 12 heavy (non-hydrogen) atoms. The lowest BCUT2D eigenvalue weighted by Gasteiger charge is -2.00. The molecule has 0 amide bonds. The third-order valence-electron chi connectivity index (χ3n) is 1.36. The van der Waals surface area contributed by atoms with Gasteiger partial charge < -0.3 is 17.7 Å². The van der Waals surface area contributed by atoms with Gasteiger partial charge in [-0.3, -0.25) is 0 Å². The Morgan fingerprint density at radius 2 is 2.00 bits per heavy atom. The van der Waals surface area contributed by atoms with Gasteiger partial charge in [-0.1, -0.05) is 29.3 Å². The largest absolute Gasteiger partial charge is 1.00 e. The minimum absolute atomic E-state index is 0. The highest BCUT2D eigenvalue weighted by atomic mass is 35.5. The van der Waals surface area contributed by atoms with Crippen molar-refractivity contribution in [3.63, 3.8) is 0 Å². The molecule has 0 fully saturated rings. The van der Waals surface area contributed by atoms with E-state index in [0.29, 0.717) is 10.0 Å². The molecule has 1 aromatic carbocycles. The van der Waals surface area contributed by atoms with E-state index in [1.54, 1.807) is 6.07 Å². The predicted octanol–water partition coefficient (Wildman–Crippen LogP) is -0.171. The molecule has 0 aromatic heterocycles. The summed E-state index contributed by atoms with van der Waals surface area (Å²) in [5.74, 6) is 0. The zero-order chi connectivity index (χ0) is 8.27. The zero-order valence-corrected chi connectivity index (χ0v) is 8.84. The third kappa shape index (κ3) is 3.20. The van der Waals surface area contributed by atoms with Crippen LogP contribution in [0.4, 0.5) is 0 Å². The van der Waals surface area contributed by atoms with E-state index in [-0.39, 0.29) is 13.8 Å². The Morgan fingerprint density at radius 1 is 1.33 bits per heavy atom. The maximum Gasteiger partial charge on any atom is 1.00 e. The molecule has 0 spiro atoms. The van der Waals surface area contributed by atoms with Crippen LogP contribution in [-0.2, 0) is 6.54 Å². The number of hydrogen-bond acceptors (Lipinski definition) is 1. The molecule has 68 valence electrons. The van der Waals surface area contributed by atoms with Crippen molar-refractivity contribution in [3.05, 3.63) is 33.8 Å². The van der Waals surface area contributed by atoms with Crippen LogP contribution in [0.5, 0.6) is 0 Å². The van der Waals surface area contributed by atoms with Crippen LogP contribution in [0.1, 0.15) is 6.99 Å². The van der Waals surface area contributed by atoms with Crippen molar-refractivity contribution in [1.29, 1.82) is 0 Å². The van der Waals surface area contributed by atoms with Gasteiger partial charge in [0.05, 0.1) is 10.0 Å². The first-order chi connectivity index (χ1) is 5.24. The van der Waals surface area contributed by atoms with Gasteiger partial charge in [0.15, 0.2) is 0 Å². The highest BCUT2D eigenvalue weighted by Gasteiger charge is 1.97. The molecule has 1 N–H and O–H groups in total. The van der Waals surface area contributed by atoms with Crippen molar-refractivity contribution < 1.29 is 13.8 Å². The molecule has 0 bridgehead atoms. The van der Waals surface area contributed by atoms with Crippen molar-refractivity contribution in [2.75, 3.05) is 7.05 Å². The monoisotopic (exact) mass is 225 g/mol. The molecule has 0 radical (unpaired) electrons. The van der Waals surface area contributed by atoms with Crippen LogP contribution in [-0.4, -0.2) is 7.05 Å². The molecule has 0 atom stereocenters. The second-order valence-corrected chi connectivity index (χ2v) is 3.09. The number of halogens is 3. The summed E-state index contributed by atoms with van der Waals surface area (Å²) in [6.07, 6.45) is 0. The van der Waals surface area contributed by atoms with E-state index in [1.807, 2.05) is 19.2 Å². The standard InChI is InChI=1S/C8H9Cl2N.ClH/c1-11-5-6-2-3-7(9)8(10)4-6;/h2-4,11H,5H2,1H3;1H. The van der Waals surface area contributed by atoms with Gasteiger partial charge in [0.25, 0.3) is 0 Å². The summed E-state index contributed by atoms with van der Waals surface area (Å²) < 4.78 is 0. The molecule has 0 saturated heterocycles. The Morgan fingerprint density at radius 3 is 2.50 bits per heavy atom. The van der Waals surface area contributed by atoms with Crippen LogP contribution in [0.15, 0.2) is 18.2 Å². The van der Waals surface area contributed by atoms with Crippen LogP contribution < -0.4 is 17.7 Å². The number of nitrogens with one attached hydrogen (secondary N) is 1. The first-order valence-corrected chi connectivity index (χ1v) is 4.08. The lowest BCUT2D eigenvalue weighted by atomic mass is 10.2. The smallest absolute Gasteiger partial charge is 1.00 e. The van der Waals surface area contributed by atoms with E-state index >= 15 is 0 Å². The highest BCUT2D eigenvalue weighted by Crippen LogP contribution is 2.22. The maximum atomic E-state index is 5.79. The fourth-order valence-corrected chi connectivity index (χ4v) is 1.17. The predicted molar refractivity (Wildman–Crippen MR) is 50.3 cm³/mol. The molecule has 1 nitrogen and oxygen atoms in total. The second kappa shape index (κ2) is 5.65. The van der Waals surface area contributed by atoms with Gasteiger partial charge in [-0.05, 0) is 24.7 Å². The van der Waals surface area contributed by atoms with Crippen LogP contribution in [0, 0.1) is 0 Å². The number of rotatable bonds is 2. The van der Waals surface area contributed by atoms with E-state index in [1.165, 1.54) is 0 Å². The molecule has 4 heteroatoms. The summed E-state index contributed by atoms with van der Waals surface area (Å²) in [4.78, 5) is 0. The van der Waals surface area contributed by atoms with Crippen LogP contribution in [0.2, 0.25) is 10.0 Å². The van der Waals surface area contributed by atoms with Crippen molar-refractivity contribution in [2.24, 2.45) is 0 Å². The summed E-state index contributed by atoms with van der Waals surface area (Å²) in [6.45, 7) is 0.816. The van der Waals surface area contributed by atoms with Gasteiger partial charge in [-0.25, -0.2) is 0 Å². The lowest BCUT2D eigenvalue weighted by molar-refractivity contribution is -0.00000213. The average Bonchev–Trinajstić information content (AvgIpc) is 1.98. The summed E-state index contributed by atoms with van der Waals surface area (Å²) in [6, 6.07) is 5.61. The van der Waals surface area contributed by atoms with Crippen molar-refractivity contribution in [3.8, 4) is 0 Å². The van der Waals surface area contributed by atoms with Crippen LogP contribution >= 0.6 is 23.2 Å². The molecule has 0 aliphatic heterocycles. The molecule has 0 aliphatic rings. The van der Waals surface area contributed by atoms with Gasteiger partial charge in [0.1, 0.15) is 0 Å². The lowest BCUT2D eigenvalue weighted by Crippen LogP contribution is -3.00. The minimum atomic E-state index is 0. The van der Waals surface area contributed by atoms with E-state index in [9.17, 15) is 0 Å². The maximum absolute atomic E-state index is 5.79. The Kier molecular flexibility index (Phi) is 5.68. The summed E-state index contributed by atoms with van der Waals surface area (Å²) in [5, 5.41) is 4.24. The van der Waals surface area contributed by atoms with Crippen LogP contribution in [0.3, 0.4) is 0 Å². The normalized spacial score (nSPS) is 9.25. The van der Waals surface area contributed by atoms with Gasteiger partial charge in [0.2, 0.25) is 0 Å². The van der Waals surface area contributed by atoms with Gasteiger partial charge in [-0.15, -0.1) is 0 Å². The first kappa shape index (κ1) is 12.0. The van der Waals surface area contributed by atoms with Gasteiger partial charge in [0, 0.05) is 6.54 Å². The first-order valence-electron chi connectivity index (χ1n) is 3.32. The molecule has 1 aromatic rings. The van der Waals surface area contributed by atoms with E-state index in [4.69, 9.17) is 23.2 Å². The molecule has 0 saturated carbocycles. The Labute approximate surface area is 90.0 Å². The fraction of sp³-hybridized carbons (Fsp3) is 0.250. The molecule has 0 aliphatic carbocycles. The molecule has 1 rings (SSSR count). The third-order valence-corrected chi connectivity index (χ3v) is 2.10. The SMILES string of the molecule is CNCc1ccc(Cl)c(Cl)c1.[Cl-].[H+]. The Balaban J connectivity index is 0. The summed E-state index contributed by atoms with van der Waals surface area (Å²) >= 11 is 11.5. The Hall–Kier alpha value is 0.0500. The highest BCUT2D eigenvalue weighted by molar-refractivity contribution is 6.41. The summed E-state index contributed by atoms with van der Waals surface area (Å²) in [7, 11) is 1.89. The summed E-state index contributed by atoms with van der Waals surface area (Å²) in [5.41, 5.74) is 1.14. The van der Waals surface area contributed by atoms with Gasteiger partial charge >= 0.3 is 1.43 Å². The molecular weight excluding hydrogens is 216 g/mol. The van der Waals surface area contributed by atoms with E-state index in [2.05, 4.69) is 5.32 Å². The fourth-order valence-electron chi connectivity index (χ4n) is 0.854. The number of hydrogen-bond donors (Lipinski definition) is 1. The van der Waals surface area contributed by atoms with Crippen molar-refractivity contribution >= 4 is 23.2 Å². The Bertz CT molecular complexity index is 255. The topological polar surface area (TPSA) is 12.0 Å². The van der Waals surface area contributed by atoms with E-state index < -0.39 is 0 Å². The van der Waals surface area contributed by atoms with Gasteiger partial charge in [-0.2, -0.15) is 0 Å². The quantitative estimate of drug-likeness (QED) is 0.738. The number of benzene rings is 1. The molecule has 0 heterocycles. The molecule has 0 unspecified atom stereocenters. The van der Waals surface area contributed by atoms with Crippen molar-refractivity contribution in [1.82, 2.24) is 5.32 Å². The minimum Gasteiger partial charge on any atom is -1.00 e.